The number of nitrogens with one attached hydrogen (secondary N) is 1. The summed E-state index contributed by atoms with van der Waals surface area (Å²) in [5.74, 6) is -0.938. The van der Waals surface area contributed by atoms with Gasteiger partial charge in [-0.05, 0) is 29.7 Å². The van der Waals surface area contributed by atoms with Crippen LogP contribution in [0.5, 0.6) is 0 Å². The van der Waals surface area contributed by atoms with Crippen LogP contribution in [0, 0.1) is 5.82 Å². The molecule has 0 atom stereocenters. The van der Waals surface area contributed by atoms with E-state index in [1.165, 1.54) is 17.5 Å². The van der Waals surface area contributed by atoms with E-state index in [9.17, 15) is 9.18 Å². The lowest BCUT2D eigenvalue weighted by molar-refractivity contribution is 0.102. The average Bonchev–Trinajstić information content (AvgIpc) is 2.76. The number of aromatic nitrogens is 2. The van der Waals surface area contributed by atoms with E-state index in [1.54, 1.807) is 0 Å². The largest absolute Gasteiger partial charge is 0.397 e. The molecule has 1 heterocycles. The molecule has 2 rings (SSSR count). The lowest BCUT2D eigenvalue weighted by atomic mass is 10.2. The average molecular weight is 238 g/mol. The highest BCUT2D eigenvalue weighted by atomic mass is 32.1. The quantitative estimate of drug-likeness (QED) is 0.777. The van der Waals surface area contributed by atoms with Crippen molar-refractivity contribution in [3.8, 4) is 0 Å². The molecule has 0 saturated heterocycles. The minimum Gasteiger partial charge on any atom is -0.397 e. The van der Waals surface area contributed by atoms with Gasteiger partial charge in [0, 0.05) is 5.38 Å². The van der Waals surface area contributed by atoms with E-state index in [-0.39, 0.29) is 17.1 Å². The van der Waals surface area contributed by atoms with Crippen molar-refractivity contribution in [3.63, 3.8) is 0 Å². The first-order valence-corrected chi connectivity index (χ1v) is 5.14. The number of anilines is 2. The maximum atomic E-state index is 12.9. The van der Waals surface area contributed by atoms with Crippen LogP contribution in [0.1, 0.15) is 10.5 Å². The monoisotopic (exact) mass is 238 g/mol. The van der Waals surface area contributed by atoms with Gasteiger partial charge in [0.15, 0.2) is 5.69 Å². The highest BCUT2D eigenvalue weighted by Crippen LogP contribution is 2.19. The Kier molecular flexibility index (Phi) is 2.78. The van der Waals surface area contributed by atoms with Gasteiger partial charge in [-0.15, -0.1) is 5.10 Å². The molecule has 5 nitrogen and oxygen atoms in total. The Morgan fingerprint density at radius 3 is 3.00 bits per heavy atom. The number of hydrogen-bond donors (Lipinski definition) is 2. The van der Waals surface area contributed by atoms with Crippen molar-refractivity contribution in [2.24, 2.45) is 0 Å². The van der Waals surface area contributed by atoms with E-state index >= 15 is 0 Å². The summed E-state index contributed by atoms with van der Waals surface area (Å²) in [4.78, 5) is 11.6. The molecule has 82 valence electrons. The molecule has 0 aliphatic carbocycles. The Hall–Kier alpha value is -2.02. The van der Waals surface area contributed by atoms with Crippen LogP contribution in [0.2, 0.25) is 0 Å². The molecule has 1 amide bonds. The molecular formula is C9H7FN4OS. The van der Waals surface area contributed by atoms with E-state index in [0.29, 0.717) is 0 Å². The van der Waals surface area contributed by atoms with Gasteiger partial charge in [-0.2, -0.15) is 0 Å². The summed E-state index contributed by atoms with van der Waals surface area (Å²) < 4.78 is 16.5. The highest BCUT2D eigenvalue weighted by molar-refractivity contribution is 7.03. The first kappa shape index (κ1) is 10.5. The topological polar surface area (TPSA) is 80.9 Å². The van der Waals surface area contributed by atoms with Gasteiger partial charge in [-0.25, -0.2) is 4.39 Å². The second kappa shape index (κ2) is 4.23. The molecule has 0 aliphatic rings. The first-order valence-electron chi connectivity index (χ1n) is 4.30. The van der Waals surface area contributed by atoms with Crippen LogP contribution in [0.25, 0.3) is 0 Å². The number of carbonyl (C=O) groups is 1. The third kappa shape index (κ3) is 2.14. The molecule has 7 heteroatoms. The lowest BCUT2D eigenvalue weighted by Gasteiger charge is -2.06. The van der Waals surface area contributed by atoms with Gasteiger partial charge in [0.25, 0.3) is 5.91 Å². The van der Waals surface area contributed by atoms with E-state index in [2.05, 4.69) is 14.9 Å². The summed E-state index contributed by atoms with van der Waals surface area (Å²) >= 11 is 1.06. The van der Waals surface area contributed by atoms with E-state index in [1.807, 2.05) is 0 Å². The fraction of sp³-hybridized carbons (Fsp3) is 0. The van der Waals surface area contributed by atoms with Crippen LogP contribution < -0.4 is 11.1 Å². The number of amides is 1. The maximum absolute atomic E-state index is 12.9. The van der Waals surface area contributed by atoms with Crippen molar-refractivity contribution in [1.29, 1.82) is 0 Å². The minimum absolute atomic E-state index is 0.175. The summed E-state index contributed by atoms with van der Waals surface area (Å²) in [5.41, 5.74) is 6.26. The molecule has 0 bridgehead atoms. The molecule has 0 spiro atoms. The molecule has 0 aliphatic heterocycles. The Labute approximate surface area is 94.3 Å². The van der Waals surface area contributed by atoms with E-state index < -0.39 is 11.7 Å². The molecule has 1 aromatic heterocycles. The van der Waals surface area contributed by atoms with Crippen LogP contribution in [-0.2, 0) is 0 Å². The van der Waals surface area contributed by atoms with Crippen molar-refractivity contribution in [1.82, 2.24) is 9.59 Å². The molecule has 2 aromatic rings. The standard InChI is InChI=1S/C9H7FN4OS/c10-5-1-2-6(11)7(3-5)12-9(15)8-4-16-14-13-8/h1-4H,11H2,(H,12,15). The predicted octanol–water partition coefficient (Wildman–Crippen LogP) is 1.51. The van der Waals surface area contributed by atoms with Gasteiger partial charge < -0.3 is 11.1 Å². The van der Waals surface area contributed by atoms with Gasteiger partial charge >= 0.3 is 0 Å². The van der Waals surface area contributed by atoms with E-state index in [0.717, 1.165) is 17.6 Å². The zero-order valence-electron chi connectivity index (χ0n) is 7.98. The number of rotatable bonds is 2. The molecular weight excluding hydrogens is 231 g/mol. The Morgan fingerprint density at radius 1 is 1.50 bits per heavy atom. The number of benzene rings is 1. The van der Waals surface area contributed by atoms with Crippen LogP contribution in [0.3, 0.4) is 0 Å². The Morgan fingerprint density at radius 2 is 2.31 bits per heavy atom. The van der Waals surface area contributed by atoms with Gasteiger partial charge in [-0.3, -0.25) is 4.79 Å². The SMILES string of the molecule is Nc1ccc(F)cc1NC(=O)c1csnn1. The Bertz CT molecular complexity index is 514. The predicted molar refractivity (Wildman–Crippen MR) is 58.7 cm³/mol. The molecule has 0 radical (unpaired) electrons. The van der Waals surface area contributed by atoms with Gasteiger partial charge in [0.2, 0.25) is 0 Å². The minimum atomic E-state index is -0.471. The third-order valence-electron chi connectivity index (χ3n) is 1.86. The van der Waals surface area contributed by atoms with E-state index in [4.69, 9.17) is 5.73 Å². The summed E-state index contributed by atoms with van der Waals surface area (Å²) in [5, 5.41) is 7.53. The summed E-state index contributed by atoms with van der Waals surface area (Å²) in [6, 6.07) is 3.74. The van der Waals surface area contributed by atoms with Crippen molar-refractivity contribution >= 4 is 28.8 Å². The second-order valence-corrected chi connectivity index (χ2v) is 3.59. The second-order valence-electron chi connectivity index (χ2n) is 2.98. The lowest BCUT2D eigenvalue weighted by Crippen LogP contribution is -2.13. The molecule has 0 saturated carbocycles. The highest BCUT2D eigenvalue weighted by Gasteiger charge is 2.11. The smallest absolute Gasteiger partial charge is 0.277 e. The third-order valence-corrected chi connectivity index (χ3v) is 2.36. The number of nitrogens with zero attached hydrogens (tertiary/aromatic N) is 2. The summed E-state index contributed by atoms with van der Waals surface area (Å²) in [7, 11) is 0. The molecule has 0 fully saturated rings. The molecule has 16 heavy (non-hydrogen) atoms. The Balaban J connectivity index is 2.21. The van der Waals surface area contributed by atoms with Crippen molar-refractivity contribution in [2.75, 3.05) is 11.1 Å². The molecule has 0 unspecified atom stereocenters. The van der Waals surface area contributed by atoms with Crippen LogP contribution in [0.15, 0.2) is 23.6 Å². The first-order chi connectivity index (χ1) is 7.66. The number of nitrogen functional groups attached to an aromatic ring is 1. The molecule has 3 N–H and O–H groups in total. The van der Waals surface area contributed by atoms with Crippen molar-refractivity contribution in [3.05, 3.63) is 35.1 Å². The van der Waals surface area contributed by atoms with Crippen LogP contribution in [-0.4, -0.2) is 15.5 Å². The molecule has 1 aromatic carbocycles. The number of carbonyl (C=O) groups excluding carboxylic acids is 1. The van der Waals surface area contributed by atoms with Crippen LogP contribution in [0.4, 0.5) is 15.8 Å². The summed E-state index contributed by atoms with van der Waals surface area (Å²) in [6.07, 6.45) is 0. The van der Waals surface area contributed by atoms with Gasteiger partial charge in [0.1, 0.15) is 5.82 Å². The number of nitrogens with two attached hydrogens (primary N) is 1. The zero-order chi connectivity index (χ0) is 11.5. The fourth-order valence-electron chi connectivity index (χ4n) is 1.09. The number of halogens is 1. The van der Waals surface area contributed by atoms with Crippen molar-refractivity contribution in [2.45, 2.75) is 0 Å². The normalized spacial score (nSPS) is 10.1. The number of hydrogen-bond acceptors (Lipinski definition) is 5. The van der Waals surface area contributed by atoms with Crippen molar-refractivity contribution < 1.29 is 9.18 Å². The van der Waals surface area contributed by atoms with Gasteiger partial charge in [0.05, 0.1) is 11.4 Å². The summed E-state index contributed by atoms with van der Waals surface area (Å²) in [6.45, 7) is 0. The fourth-order valence-corrected chi connectivity index (χ4v) is 1.52. The zero-order valence-corrected chi connectivity index (χ0v) is 8.79. The maximum Gasteiger partial charge on any atom is 0.277 e. The van der Waals surface area contributed by atoms with Gasteiger partial charge in [-0.1, -0.05) is 4.49 Å². The van der Waals surface area contributed by atoms with Crippen LogP contribution >= 0.6 is 11.5 Å².